The van der Waals surface area contributed by atoms with Crippen LogP contribution in [0.15, 0.2) is 0 Å². The number of hydrogen-bond donors (Lipinski definition) is 2. The van der Waals surface area contributed by atoms with E-state index in [-0.39, 0.29) is 69.2 Å². The molecule has 5 fully saturated rings. The van der Waals surface area contributed by atoms with Gasteiger partial charge in [0.15, 0.2) is 0 Å². The van der Waals surface area contributed by atoms with Gasteiger partial charge in [-0.2, -0.15) is 10.5 Å². The van der Waals surface area contributed by atoms with Gasteiger partial charge in [0.1, 0.15) is 0 Å². The van der Waals surface area contributed by atoms with Crippen molar-refractivity contribution in [2.75, 3.05) is 0 Å². The van der Waals surface area contributed by atoms with Crippen molar-refractivity contribution in [3.8, 4) is 12.1 Å². The van der Waals surface area contributed by atoms with Crippen molar-refractivity contribution in [1.82, 2.24) is 10.6 Å². The molecule has 0 bridgehead atoms. The van der Waals surface area contributed by atoms with Crippen molar-refractivity contribution in [2.45, 2.75) is 91.1 Å². The average Bonchev–Trinajstić information content (AvgIpc) is 2.59. The molecule has 6 heteroatoms. The molecule has 0 radical (unpaired) electrons. The lowest BCUT2D eigenvalue weighted by Gasteiger charge is -2.65. The van der Waals surface area contributed by atoms with Crippen LogP contribution in [0.4, 0.5) is 0 Å². The minimum Gasteiger partial charge on any atom is -0.352 e. The number of rotatable bonds is 4. The van der Waals surface area contributed by atoms with Gasteiger partial charge in [-0.05, 0) is 62.2 Å². The number of amides is 2. The molecule has 2 spiro atoms. The molecular weight excluding hydrogens is 400 g/mol. The minimum absolute atomic E-state index is 0.0216. The van der Waals surface area contributed by atoms with Crippen molar-refractivity contribution < 1.29 is 9.59 Å². The number of nitrogens with one attached hydrogen (secondary N) is 2. The summed E-state index contributed by atoms with van der Waals surface area (Å²) in [5, 5.41) is 24.7. The van der Waals surface area contributed by atoms with Crippen molar-refractivity contribution >= 4 is 11.8 Å². The van der Waals surface area contributed by atoms with Gasteiger partial charge in [-0.15, -0.1) is 0 Å². The lowest BCUT2D eigenvalue weighted by Crippen LogP contribution is -2.78. The second kappa shape index (κ2) is 6.72. The van der Waals surface area contributed by atoms with Crippen molar-refractivity contribution in [3.63, 3.8) is 0 Å². The van der Waals surface area contributed by atoms with Crippen LogP contribution in [0.1, 0.15) is 79.1 Å². The van der Waals surface area contributed by atoms with E-state index in [0.717, 1.165) is 51.4 Å². The molecule has 5 rings (SSSR count). The van der Waals surface area contributed by atoms with Gasteiger partial charge in [0.2, 0.25) is 11.8 Å². The molecule has 172 valence electrons. The normalized spacial score (nSPS) is 46.7. The van der Waals surface area contributed by atoms with E-state index in [9.17, 15) is 9.59 Å². The van der Waals surface area contributed by atoms with Crippen LogP contribution in [0, 0.1) is 68.0 Å². The van der Waals surface area contributed by atoms with E-state index in [0.29, 0.717) is 0 Å². The molecule has 2 amide bonds. The average molecular weight is 437 g/mol. The molecular formula is C26H36N4O2. The summed E-state index contributed by atoms with van der Waals surface area (Å²) in [5.41, 5.74) is 0.111. The summed E-state index contributed by atoms with van der Waals surface area (Å²) < 4.78 is 0. The first-order chi connectivity index (χ1) is 14.9. The summed E-state index contributed by atoms with van der Waals surface area (Å²) in [6, 6.07) is 4.73. The number of carbonyl (C=O) groups excluding carboxylic acids is 2. The topological polar surface area (TPSA) is 106 Å². The SMILES string of the molecule is CC1(C)C(NC(=O)C2CC3(CC(C#N)C3)C2)C(C)(C)C1NC(=O)C1CC2(CC(C#N)C2)C1. The van der Waals surface area contributed by atoms with Crippen LogP contribution in [0.2, 0.25) is 0 Å². The summed E-state index contributed by atoms with van der Waals surface area (Å²) in [7, 11) is 0. The zero-order valence-electron chi connectivity index (χ0n) is 19.8. The summed E-state index contributed by atoms with van der Waals surface area (Å²) in [4.78, 5) is 25.9. The molecule has 0 unspecified atom stereocenters. The molecule has 0 heterocycles. The molecule has 5 aliphatic carbocycles. The zero-order valence-corrected chi connectivity index (χ0v) is 19.8. The fraction of sp³-hybridized carbons (Fsp3) is 0.846. The maximum atomic E-state index is 13.0. The highest BCUT2D eigenvalue weighted by molar-refractivity contribution is 5.82. The predicted molar refractivity (Wildman–Crippen MR) is 118 cm³/mol. The van der Waals surface area contributed by atoms with Crippen molar-refractivity contribution in [2.24, 2.45) is 45.3 Å². The Hall–Kier alpha value is -2.08. The van der Waals surface area contributed by atoms with E-state index in [2.05, 4.69) is 50.5 Å². The Kier molecular flexibility index (Phi) is 4.57. The number of nitriles is 2. The minimum atomic E-state index is -0.206. The highest BCUT2D eigenvalue weighted by atomic mass is 16.2. The van der Waals surface area contributed by atoms with Crippen LogP contribution in [-0.4, -0.2) is 23.9 Å². The quantitative estimate of drug-likeness (QED) is 0.701. The van der Waals surface area contributed by atoms with Gasteiger partial charge in [0.25, 0.3) is 0 Å². The Balaban J connectivity index is 1.12. The van der Waals surface area contributed by atoms with E-state index in [1.165, 1.54) is 0 Å². The highest BCUT2D eigenvalue weighted by Gasteiger charge is 2.64. The van der Waals surface area contributed by atoms with Gasteiger partial charge in [0.05, 0.1) is 12.1 Å². The van der Waals surface area contributed by atoms with Crippen molar-refractivity contribution in [1.29, 1.82) is 10.5 Å². The fourth-order valence-electron chi connectivity index (χ4n) is 8.58. The van der Waals surface area contributed by atoms with Crippen LogP contribution >= 0.6 is 0 Å². The molecule has 0 aromatic rings. The molecule has 5 saturated carbocycles. The van der Waals surface area contributed by atoms with E-state index >= 15 is 0 Å². The van der Waals surface area contributed by atoms with Crippen LogP contribution in [0.3, 0.4) is 0 Å². The maximum absolute atomic E-state index is 13.0. The lowest BCUT2D eigenvalue weighted by molar-refractivity contribution is -0.157. The van der Waals surface area contributed by atoms with Gasteiger partial charge in [-0.3, -0.25) is 9.59 Å². The third kappa shape index (κ3) is 3.01. The second-order valence-corrected chi connectivity index (χ2v) is 13.2. The first-order valence-electron chi connectivity index (χ1n) is 12.3. The zero-order chi connectivity index (χ0) is 23.1. The molecule has 0 aromatic carbocycles. The first kappa shape index (κ1) is 21.7. The number of hydrogen-bond acceptors (Lipinski definition) is 4. The Morgan fingerprint density at radius 1 is 0.656 bits per heavy atom. The number of nitrogens with zero attached hydrogens (tertiary/aromatic N) is 2. The van der Waals surface area contributed by atoms with Gasteiger partial charge < -0.3 is 10.6 Å². The van der Waals surface area contributed by atoms with Gasteiger partial charge in [0, 0.05) is 46.6 Å². The molecule has 5 aliphatic rings. The summed E-state index contributed by atoms with van der Waals surface area (Å²) in [6.45, 7) is 8.58. The van der Waals surface area contributed by atoms with Gasteiger partial charge in [-0.25, -0.2) is 0 Å². The molecule has 2 N–H and O–H groups in total. The molecule has 0 aliphatic heterocycles. The van der Waals surface area contributed by atoms with E-state index in [1.54, 1.807) is 0 Å². The fourth-order valence-corrected chi connectivity index (χ4v) is 8.58. The smallest absolute Gasteiger partial charge is 0.223 e. The number of carbonyl (C=O) groups is 2. The molecule has 0 atom stereocenters. The third-order valence-electron chi connectivity index (χ3n) is 10.1. The van der Waals surface area contributed by atoms with Crippen LogP contribution in [-0.2, 0) is 9.59 Å². The van der Waals surface area contributed by atoms with E-state index < -0.39 is 0 Å². The second-order valence-electron chi connectivity index (χ2n) is 13.2. The Bertz CT molecular complexity index is 822. The van der Waals surface area contributed by atoms with Crippen molar-refractivity contribution in [3.05, 3.63) is 0 Å². The molecule has 32 heavy (non-hydrogen) atoms. The monoisotopic (exact) mass is 436 g/mol. The molecule has 0 aromatic heterocycles. The standard InChI is InChI=1S/C26H36N4O2/c1-23(2)21(29-19(31)17-9-25(10-17)5-15(6-25)13-27)24(3,4)22(23)30-20(32)18-11-26(12-18)7-16(8-26)14-28/h15-18,21-22H,5-12H2,1-4H3,(H,29,31)(H,30,32). The third-order valence-corrected chi connectivity index (χ3v) is 10.1. The van der Waals surface area contributed by atoms with E-state index in [4.69, 9.17) is 10.5 Å². The van der Waals surface area contributed by atoms with E-state index in [1.807, 2.05) is 0 Å². The van der Waals surface area contributed by atoms with Gasteiger partial charge in [-0.1, -0.05) is 27.7 Å². The predicted octanol–water partition coefficient (Wildman–Crippen LogP) is 3.68. The Morgan fingerprint density at radius 2 is 0.969 bits per heavy atom. The Labute approximate surface area is 191 Å². The summed E-state index contributed by atoms with van der Waals surface area (Å²) in [6.07, 6.45) is 7.51. The van der Waals surface area contributed by atoms with Crippen LogP contribution in [0.5, 0.6) is 0 Å². The van der Waals surface area contributed by atoms with Crippen LogP contribution in [0.25, 0.3) is 0 Å². The maximum Gasteiger partial charge on any atom is 0.223 e. The summed E-state index contributed by atoms with van der Waals surface area (Å²) >= 11 is 0. The van der Waals surface area contributed by atoms with Gasteiger partial charge >= 0.3 is 0 Å². The molecule has 6 nitrogen and oxygen atoms in total. The lowest BCUT2D eigenvalue weighted by atomic mass is 9.46. The molecule has 0 saturated heterocycles. The first-order valence-corrected chi connectivity index (χ1v) is 12.3. The highest BCUT2D eigenvalue weighted by Crippen LogP contribution is 2.62. The summed E-state index contributed by atoms with van der Waals surface area (Å²) in [5.74, 6) is 0.808. The Morgan fingerprint density at radius 3 is 1.25 bits per heavy atom. The largest absolute Gasteiger partial charge is 0.352 e. The van der Waals surface area contributed by atoms with Crippen LogP contribution < -0.4 is 10.6 Å².